The predicted molar refractivity (Wildman–Crippen MR) is 65.4 cm³/mol. The number of aromatic nitrogens is 2. The minimum atomic E-state index is -0.491. The molecule has 0 saturated carbocycles. The third-order valence-electron chi connectivity index (χ3n) is 2.64. The normalized spacial score (nSPS) is 11.1. The van der Waals surface area contributed by atoms with Crippen molar-refractivity contribution in [1.29, 1.82) is 0 Å². The number of para-hydroxylation sites is 1. The Hall–Kier alpha value is -0.511. The Labute approximate surface area is 101 Å². The van der Waals surface area contributed by atoms with Crippen LogP contribution >= 0.6 is 0 Å². The van der Waals surface area contributed by atoms with E-state index in [1.54, 1.807) is 0 Å². The molecule has 0 aliphatic carbocycles. The van der Waals surface area contributed by atoms with E-state index in [9.17, 15) is 0 Å². The van der Waals surface area contributed by atoms with Gasteiger partial charge in [-0.15, -0.1) is 0 Å². The quantitative estimate of drug-likeness (QED) is 0.794. The zero-order chi connectivity index (χ0) is 10.7. The summed E-state index contributed by atoms with van der Waals surface area (Å²) in [6.07, 6.45) is 3.62. The summed E-state index contributed by atoms with van der Waals surface area (Å²) >= 11 is -0.491. The van der Waals surface area contributed by atoms with Gasteiger partial charge in [-0.25, -0.2) is 0 Å². The monoisotopic (exact) mass is 308 g/mol. The third-order valence-corrected chi connectivity index (χ3v) is 4.82. The summed E-state index contributed by atoms with van der Waals surface area (Å²) in [4.78, 5) is 2.31. The van der Waals surface area contributed by atoms with Crippen LogP contribution in [0.25, 0.3) is 10.9 Å². The average Bonchev–Trinajstić information content (AvgIpc) is 2.65. The van der Waals surface area contributed by atoms with Crippen molar-refractivity contribution in [2.24, 2.45) is 0 Å². The SMILES string of the molecule is CCCCc1n[n]([Sn][CH3])c2ccccc12. The molecule has 15 heavy (non-hydrogen) atoms. The molecule has 0 saturated heterocycles. The summed E-state index contributed by atoms with van der Waals surface area (Å²) in [6, 6.07) is 8.63. The molecule has 0 bridgehead atoms. The summed E-state index contributed by atoms with van der Waals surface area (Å²) in [7, 11) is 0. The van der Waals surface area contributed by atoms with Crippen molar-refractivity contribution in [2.75, 3.05) is 0 Å². The second-order valence-electron chi connectivity index (χ2n) is 3.70. The van der Waals surface area contributed by atoms with Crippen LogP contribution in [0.15, 0.2) is 24.3 Å². The molecule has 1 aromatic heterocycles. The van der Waals surface area contributed by atoms with Gasteiger partial charge in [0.2, 0.25) is 0 Å². The van der Waals surface area contributed by atoms with E-state index >= 15 is 0 Å². The molecule has 78 valence electrons. The van der Waals surface area contributed by atoms with Gasteiger partial charge >= 0.3 is 101 Å². The molecule has 1 heterocycles. The standard InChI is InChI=1S/C11H13N2.CH3.Sn/c1-2-3-7-10-9-6-4-5-8-11(9)13-12-10;;/h4-6,8H,2-3,7H2,1H3;1H3;/q-1;;+1. The van der Waals surface area contributed by atoms with Gasteiger partial charge in [-0.1, -0.05) is 0 Å². The molecule has 2 aromatic rings. The van der Waals surface area contributed by atoms with Crippen molar-refractivity contribution >= 4 is 32.3 Å². The Morgan fingerprint density at radius 1 is 1.33 bits per heavy atom. The van der Waals surface area contributed by atoms with Crippen LogP contribution in [0.3, 0.4) is 0 Å². The van der Waals surface area contributed by atoms with E-state index in [2.05, 4.69) is 39.0 Å². The average molecular weight is 307 g/mol. The number of benzene rings is 1. The van der Waals surface area contributed by atoms with Crippen LogP contribution in [0.2, 0.25) is 4.94 Å². The molecule has 2 radical (unpaired) electrons. The zero-order valence-corrected chi connectivity index (χ0v) is 12.2. The topological polar surface area (TPSA) is 17.8 Å². The first-order chi connectivity index (χ1) is 7.36. The first kappa shape index (κ1) is 11.0. The Bertz CT molecular complexity index is 448. The molecule has 0 unspecified atom stereocenters. The van der Waals surface area contributed by atoms with Crippen molar-refractivity contribution in [3.05, 3.63) is 30.0 Å². The van der Waals surface area contributed by atoms with Gasteiger partial charge in [0.15, 0.2) is 0 Å². The van der Waals surface area contributed by atoms with Crippen LogP contribution in [0.1, 0.15) is 25.5 Å². The Kier molecular flexibility index (Phi) is 3.67. The fourth-order valence-corrected chi connectivity index (χ4v) is 3.70. The summed E-state index contributed by atoms with van der Waals surface area (Å²) in [6.45, 7) is 2.23. The van der Waals surface area contributed by atoms with Crippen LogP contribution in [0.4, 0.5) is 0 Å². The van der Waals surface area contributed by atoms with E-state index < -0.39 is 21.4 Å². The second kappa shape index (κ2) is 5.01. The summed E-state index contributed by atoms with van der Waals surface area (Å²) < 4.78 is 2.27. The number of unbranched alkanes of at least 4 members (excludes halogenated alkanes) is 1. The molecule has 2 rings (SSSR count). The molecular weight excluding hydrogens is 291 g/mol. The molecule has 0 amide bonds. The van der Waals surface area contributed by atoms with Gasteiger partial charge < -0.3 is 0 Å². The van der Waals surface area contributed by atoms with Gasteiger partial charge in [-0.05, 0) is 0 Å². The van der Waals surface area contributed by atoms with E-state index in [0.717, 1.165) is 6.42 Å². The molecule has 1 aromatic carbocycles. The molecule has 0 atom stereocenters. The van der Waals surface area contributed by atoms with E-state index in [4.69, 9.17) is 5.10 Å². The summed E-state index contributed by atoms with van der Waals surface area (Å²) in [5, 5.41) is 6.11. The van der Waals surface area contributed by atoms with E-state index in [1.165, 1.54) is 29.4 Å². The van der Waals surface area contributed by atoms with Crippen LogP contribution < -0.4 is 0 Å². The van der Waals surface area contributed by atoms with Crippen molar-refractivity contribution in [2.45, 2.75) is 31.1 Å². The Morgan fingerprint density at radius 3 is 2.87 bits per heavy atom. The predicted octanol–water partition coefficient (Wildman–Crippen LogP) is 2.89. The first-order valence-corrected chi connectivity index (χ1v) is 9.64. The van der Waals surface area contributed by atoms with Crippen molar-refractivity contribution in [1.82, 2.24) is 8.00 Å². The molecule has 0 aliphatic heterocycles. The van der Waals surface area contributed by atoms with E-state index in [-0.39, 0.29) is 0 Å². The summed E-state index contributed by atoms with van der Waals surface area (Å²) in [5.74, 6) is 0. The molecule has 2 nitrogen and oxygen atoms in total. The fraction of sp³-hybridized carbons (Fsp3) is 0.417. The Balaban J connectivity index is 2.45. The number of hydrogen-bond acceptors (Lipinski definition) is 1. The van der Waals surface area contributed by atoms with Crippen LogP contribution in [0, 0.1) is 0 Å². The summed E-state index contributed by atoms with van der Waals surface area (Å²) in [5.41, 5.74) is 2.65. The number of nitrogens with zero attached hydrogens (tertiary/aromatic N) is 2. The minimum absolute atomic E-state index is 0.491. The van der Waals surface area contributed by atoms with Gasteiger partial charge in [0, 0.05) is 0 Å². The van der Waals surface area contributed by atoms with Crippen LogP contribution in [-0.2, 0) is 6.42 Å². The number of fused-ring (bicyclic) bond motifs is 1. The third kappa shape index (κ3) is 2.19. The van der Waals surface area contributed by atoms with Crippen molar-refractivity contribution in [3.8, 4) is 0 Å². The van der Waals surface area contributed by atoms with Crippen LogP contribution in [0.5, 0.6) is 0 Å². The van der Waals surface area contributed by atoms with Gasteiger partial charge in [-0.2, -0.15) is 0 Å². The molecular formula is C12H16N2Sn. The molecule has 3 heteroatoms. The van der Waals surface area contributed by atoms with Gasteiger partial charge in [0.25, 0.3) is 0 Å². The van der Waals surface area contributed by atoms with E-state index in [0.29, 0.717) is 0 Å². The number of hydrogen-bond donors (Lipinski definition) is 0. The second-order valence-corrected chi connectivity index (χ2v) is 6.19. The molecule has 0 fully saturated rings. The molecule has 0 aliphatic rings. The molecule has 0 N–H and O–H groups in total. The first-order valence-electron chi connectivity index (χ1n) is 5.51. The van der Waals surface area contributed by atoms with E-state index in [1.807, 2.05) is 0 Å². The number of aryl methyl sites for hydroxylation is 1. The zero-order valence-electron chi connectivity index (χ0n) is 9.33. The van der Waals surface area contributed by atoms with Crippen LogP contribution in [-0.4, -0.2) is 29.4 Å². The maximum atomic E-state index is 4.74. The maximum absolute atomic E-state index is 4.74. The van der Waals surface area contributed by atoms with Crippen molar-refractivity contribution in [3.63, 3.8) is 0 Å². The Morgan fingerprint density at radius 2 is 2.13 bits per heavy atom. The van der Waals surface area contributed by atoms with Gasteiger partial charge in [0.05, 0.1) is 0 Å². The number of rotatable bonds is 4. The fourth-order valence-electron chi connectivity index (χ4n) is 1.83. The van der Waals surface area contributed by atoms with Gasteiger partial charge in [0.1, 0.15) is 0 Å². The molecule has 0 spiro atoms. The van der Waals surface area contributed by atoms with Crippen molar-refractivity contribution < 1.29 is 0 Å². The van der Waals surface area contributed by atoms with Gasteiger partial charge in [-0.3, -0.25) is 0 Å².